The number of rotatable bonds is 4. The Hall–Kier alpha value is -2.18. The maximum Gasteiger partial charge on any atom is 0.337 e. The third-order valence-electron chi connectivity index (χ3n) is 3.43. The van der Waals surface area contributed by atoms with Gasteiger partial charge in [-0.2, -0.15) is 0 Å². The summed E-state index contributed by atoms with van der Waals surface area (Å²) in [6.07, 6.45) is 0. The van der Waals surface area contributed by atoms with Crippen molar-refractivity contribution in [2.24, 2.45) is 5.92 Å². The SMILES string of the molecule is CC(C)C(C)N(C)C(=O)Nc1cc(F)c(F)cc1C(=O)O. The number of carboxylic acid groups (broad SMARTS) is 1. The molecule has 0 saturated carbocycles. The first-order chi connectivity index (χ1) is 9.65. The summed E-state index contributed by atoms with van der Waals surface area (Å²) in [5.41, 5.74) is -0.790. The highest BCUT2D eigenvalue weighted by Gasteiger charge is 2.22. The number of anilines is 1. The van der Waals surface area contributed by atoms with E-state index >= 15 is 0 Å². The summed E-state index contributed by atoms with van der Waals surface area (Å²) in [6, 6.07) is 0.497. The van der Waals surface area contributed by atoms with Gasteiger partial charge in [-0.3, -0.25) is 0 Å². The van der Waals surface area contributed by atoms with Crippen molar-refractivity contribution in [3.8, 4) is 0 Å². The van der Waals surface area contributed by atoms with Gasteiger partial charge in [0, 0.05) is 19.2 Å². The fourth-order valence-corrected chi connectivity index (χ4v) is 1.66. The number of benzene rings is 1. The zero-order valence-electron chi connectivity index (χ0n) is 12.3. The van der Waals surface area contributed by atoms with Crippen LogP contribution in [0.4, 0.5) is 19.3 Å². The highest BCUT2D eigenvalue weighted by molar-refractivity contribution is 6.00. The van der Waals surface area contributed by atoms with E-state index in [1.807, 2.05) is 20.8 Å². The standard InChI is InChI=1S/C14H18F2N2O3/c1-7(2)8(3)18(4)14(21)17-12-6-11(16)10(15)5-9(12)13(19)20/h5-8H,1-4H3,(H,17,21)(H,19,20). The van der Waals surface area contributed by atoms with Gasteiger partial charge in [0.05, 0.1) is 11.3 Å². The Morgan fingerprint density at radius 1 is 1.19 bits per heavy atom. The molecule has 0 spiro atoms. The number of nitrogens with zero attached hydrogens (tertiary/aromatic N) is 1. The average Bonchev–Trinajstić information content (AvgIpc) is 2.40. The molecule has 116 valence electrons. The average molecular weight is 300 g/mol. The molecule has 5 nitrogen and oxygen atoms in total. The minimum atomic E-state index is -1.45. The Labute approximate surface area is 121 Å². The van der Waals surface area contributed by atoms with E-state index < -0.39 is 29.2 Å². The molecule has 0 aliphatic rings. The van der Waals surface area contributed by atoms with E-state index in [4.69, 9.17) is 5.11 Å². The molecule has 1 atom stereocenters. The maximum atomic E-state index is 13.2. The second kappa shape index (κ2) is 6.51. The Bertz CT molecular complexity index is 561. The van der Waals surface area contributed by atoms with Crippen LogP contribution in [0, 0.1) is 17.6 Å². The Kier molecular flexibility index (Phi) is 5.23. The summed E-state index contributed by atoms with van der Waals surface area (Å²) in [7, 11) is 1.54. The molecule has 0 saturated heterocycles. The number of carbonyl (C=O) groups excluding carboxylic acids is 1. The molecule has 0 heterocycles. The zero-order valence-corrected chi connectivity index (χ0v) is 12.3. The van der Waals surface area contributed by atoms with Crippen LogP contribution in [-0.2, 0) is 0 Å². The lowest BCUT2D eigenvalue weighted by molar-refractivity contribution is 0.0697. The molecule has 2 N–H and O–H groups in total. The fraction of sp³-hybridized carbons (Fsp3) is 0.429. The van der Waals surface area contributed by atoms with Gasteiger partial charge in [0.25, 0.3) is 0 Å². The van der Waals surface area contributed by atoms with Crippen LogP contribution in [0.15, 0.2) is 12.1 Å². The van der Waals surface area contributed by atoms with Crippen LogP contribution in [0.2, 0.25) is 0 Å². The predicted molar refractivity (Wildman–Crippen MR) is 74.4 cm³/mol. The number of nitrogens with one attached hydrogen (secondary N) is 1. The molecule has 0 aliphatic heterocycles. The molecular weight excluding hydrogens is 282 g/mol. The molecule has 1 unspecified atom stereocenters. The van der Waals surface area contributed by atoms with Gasteiger partial charge in [-0.15, -0.1) is 0 Å². The molecule has 0 fully saturated rings. The number of hydrogen-bond donors (Lipinski definition) is 2. The molecule has 21 heavy (non-hydrogen) atoms. The molecule has 1 aromatic rings. The second-order valence-electron chi connectivity index (χ2n) is 5.14. The Balaban J connectivity index is 3.05. The number of carboxylic acids is 1. The summed E-state index contributed by atoms with van der Waals surface area (Å²) in [4.78, 5) is 24.4. The van der Waals surface area contributed by atoms with Crippen molar-refractivity contribution in [3.05, 3.63) is 29.3 Å². The first-order valence-corrected chi connectivity index (χ1v) is 6.41. The van der Waals surface area contributed by atoms with E-state index in [1.165, 1.54) is 4.90 Å². The Morgan fingerprint density at radius 2 is 1.71 bits per heavy atom. The van der Waals surface area contributed by atoms with Crippen molar-refractivity contribution in [1.29, 1.82) is 0 Å². The molecule has 0 aromatic heterocycles. The third-order valence-corrected chi connectivity index (χ3v) is 3.43. The normalized spacial score (nSPS) is 12.1. The van der Waals surface area contributed by atoms with Crippen LogP contribution in [0.25, 0.3) is 0 Å². The van der Waals surface area contributed by atoms with Crippen molar-refractivity contribution in [2.45, 2.75) is 26.8 Å². The van der Waals surface area contributed by atoms with Crippen molar-refractivity contribution in [2.75, 3.05) is 12.4 Å². The van der Waals surface area contributed by atoms with E-state index in [0.717, 1.165) is 0 Å². The van der Waals surface area contributed by atoms with Crippen LogP contribution in [0.3, 0.4) is 0 Å². The van der Waals surface area contributed by atoms with Crippen molar-refractivity contribution < 1.29 is 23.5 Å². The van der Waals surface area contributed by atoms with E-state index in [1.54, 1.807) is 7.05 Å². The highest BCUT2D eigenvalue weighted by Crippen LogP contribution is 2.21. The smallest absolute Gasteiger partial charge is 0.337 e. The topological polar surface area (TPSA) is 69.6 Å². The van der Waals surface area contributed by atoms with E-state index in [-0.39, 0.29) is 17.6 Å². The second-order valence-corrected chi connectivity index (χ2v) is 5.14. The van der Waals surface area contributed by atoms with Crippen molar-refractivity contribution in [1.82, 2.24) is 4.90 Å². The monoisotopic (exact) mass is 300 g/mol. The maximum absolute atomic E-state index is 13.2. The van der Waals surface area contributed by atoms with Gasteiger partial charge < -0.3 is 15.3 Å². The summed E-state index contributed by atoms with van der Waals surface area (Å²) in [5.74, 6) is -3.78. The molecule has 0 aliphatic carbocycles. The molecule has 0 bridgehead atoms. The number of aromatic carboxylic acids is 1. The first kappa shape index (κ1) is 16.9. The third kappa shape index (κ3) is 3.90. The van der Waals surface area contributed by atoms with Gasteiger partial charge in [0.15, 0.2) is 11.6 Å². The van der Waals surface area contributed by atoms with E-state index in [0.29, 0.717) is 12.1 Å². The lowest BCUT2D eigenvalue weighted by Crippen LogP contribution is -2.41. The van der Waals surface area contributed by atoms with Gasteiger partial charge in [0.2, 0.25) is 0 Å². The molecule has 0 radical (unpaired) electrons. The number of urea groups is 1. The number of amides is 2. The van der Waals surface area contributed by atoms with Gasteiger partial charge in [-0.05, 0) is 18.9 Å². The summed E-state index contributed by atoms with van der Waals surface area (Å²) >= 11 is 0. The van der Waals surface area contributed by atoms with Gasteiger partial charge in [0.1, 0.15) is 0 Å². The van der Waals surface area contributed by atoms with Crippen molar-refractivity contribution in [3.63, 3.8) is 0 Å². The fourth-order valence-electron chi connectivity index (χ4n) is 1.66. The van der Waals surface area contributed by atoms with Crippen LogP contribution in [0.1, 0.15) is 31.1 Å². The molecule has 2 amide bonds. The molecule has 1 aromatic carbocycles. The summed E-state index contributed by atoms with van der Waals surface area (Å²) < 4.78 is 26.3. The lowest BCUT2D eigenvalue weighted by Gasteiger charge is -2.28. The molecular formula is C14H18F2N2O3. The summed E-state index contributed by atoms with van der Waals surface area (Å²) in [5, 5.41) is 11.3. The highest BCUT2D eigenvalue weighted by atomic mass is 19.2. The first-order valence-electron chi connectivity index (χ1n) is 6.41. The number of hydrogen-bond acceptors (Lipinski definition) is 2. The Morgan fingerprint density at radius 3 is 2.19 bits per heavy atom. The van der Waals surface area contributed by atoms with Gasteiger partial charge in [-0.1, -0.05) is 13.8 Å². The van der Waals surface area contributed by atoms with Gasteiger partial charge in [-0.25, -0.2) is 18.4 Å². The zero-order chi connectivity index (χ0) is 16.3. The predicted octanol–water partition coefficient (Wildman–Crippen LogP) is 3.17. The molecule has 7 heteroatoms. The quantitative estimate of drug-likeness (QED) is 0.897. The minimum Gasteiger partial charge on any atom is -0.478 e. The van der Waals surface area contributed by atoms with Gasteiger partial charge >= 0.3 is 12.0 Å². The van der Waals surface area contributed by atoms with Crippen LogP contribution in [-0.4, -0.2) is 35.1 Å². The van der Waals surface area contributed by atoms with E-state index in [2.05, 4.69) is 5.32 Å². The van der Waals surface area contributed by atoms with E-state index in [9.17, 15) is 18.4 Å². The lowest BCUT2D eigenvalue weighted by atomic mass is 10.1. The van der Waals surface area contributed by atoms with Crippen LogP contribution >= 0.6 is 0 Å². The van der Waals surface area contributed by atoms with Crippen LogP contribution in [0.5, 0.6) is 0 Å². The van der Waals surface area contributed by atoms with Crippen molar-refractivity contribution >= 4 is 17.7 Å². The largest absolute Gasteiger partial charge is 0.478 e. The minimum absolute atomic E-state index is 0.108. The summed E-state index contributed by atoms with van der Waals surface area (Å²) in [6.45, 7) is 5.68. The number of carbonyl (C=O) groups is 2. The number of halogens is 2. The van der Waals surface area contributed by atoms with Crippen LogP contribution < -0.4 is 5.32 Å². The molecule has 1 rings (SSSR count).